The molecule has 2 N–H and O–H groups in total. The maximum Gasteiger partial charge on any atom is 0.248 e. The van der Waals surface area contributed by atoms with Crippen LogP contribution in [0.4, 0.5) is 5.69 Å². The van der Waals surface area contributed by atoms with E-state index in [9.17, 15) is 4.79 Å². The van der Waals surface area contributed by atoms with Crippen molar-refractivity contribution in [1.82, 2.24) is 4.98 Å². The number of nitrogens with one attached hydrogen (secondary N) is 1. The summed E-state index contributed by atoms with van der Waals surface area (Å²) in [7, 11) is 0. The Morgan fingerprint density at radius 2 is 1.92 bits per heavy atom. The number of nitrogens with zero attached hydrogens (tertiary/aromatic N) is 1. The fourth-order valence-corrected chi connectivity index (χ4v) is 2.14. The lowest BCUT2D eigenvalue weighted by Gasteiger charge is -2.18. The first-order chi connectivity index (χ1) is 11.9. The maximum atomic E-state index is 12.0. The lowest BCUT2D eigenvalue weighted by atomic mass is 9.87. The van der Waals surface area contributed by atoms with Crippen molar-refractivity contribution in [3.05, 3.63) is 59.8 Å². The van der Waals surface area contributed by atoms with Gasteiger partial charge in [0.1, 0.15) is 6.61 Å². The van der Waals surface area contributed by atoms with Gasteiger partial charge in [-0.25, -0.2) is 4.98 Å². The molecule has 1 heterocycles. The van der Waals surface area contributed by atoms with Crippen LogP contribution in [0, 0.1) is 0 Å². The molecule has 132 valence electrons. The van der Waals surface area contributed by atoms with Crippen molar-refractivity contribution in [3.8, 4) is 5.88 Å². The third-order valence-electron chi connectivity index (χ3n) is 3.55. The Bertz CT molecular complexity index is 714. The van der Waals surface area contributed by atoms with E-state index in [1.807, 2.05) is 12.1 Å². The second kappa shape index (κ2) is 8.44. The van der Waals surface area contributed by atoms with E-state index in [4.69, 9.17) is 9.84 Å². The van der Waals surface area contributed by atoms with Gasteiger partial charge >= 0.3 is 0 Å². The maximum absolute atomic E-state index is 12.0. The van der Waals surface area contributed by atoms with Crippen molar-refractivity contribution in [1.29, 1.82) is 0 Å². The van der Waals surface area contributed by atoms with Crippen molar-refractivity contribution in [3.63, 3.8) is 0 Å². The lowest BCUT2D eigenvalue weighted by Crippen LogP contribution is -2.10. The molecule has 0 atom stereocenters. The summed E-state index contributed by atoms with van der Waals surface area (Å²) in [5, 5.41) is 11.4. The van der Waals surface area contributed by atoms with Gasteiger partial charge in [0.2, 0.25) is 11.8 Å². The third-order valence-corrected chi connectivity index (χ3v) is 3.55. The molecule has 0 saturated heterocycles. The van der Waals surface area contributed by atoms with Crippen LogP contribution in [0.3, 0.4) is 0 Å². The van der Waals surface area contributed by atoms with Gasteiger partial charge in [-0.3, -0.25) is 4.79 Å². The largest absolute Gasteiger partial charge is 0.475 e. The van der Waals surface area contributed by atoms with Gasteiger partial charge in [-0.1, -0.05) is 45.0 Å². The predicted octanol–water partition coefficient (Wildman–Crippen LogP) is 3.40. The van der Waals surface area contributed by atoms with Crippen molar-refractivity contribution >= 4 is 17.7 Å². The number of carbonyl (C=O) groups is 1. The van der Waals surface area contributed by atoms with Gasteiger partial charge in [0.05, 0.1) is 18.5 Å². The zero-order chi connectivity index (χ0) is 18.3. The van der Waals surface area contributed by atoms with Crippen molar-refractivity contribution in [2.24, 2.45) is 0 Å². The van der Waals surface area contributed by atoms with E-state index in [0.29, 0.717) is 11.6 Å². The molecule has 0 bridgehead atoms. The van der Waals surface area contributed by atoms with E-state index in [-0.39, 0.29) is 24.5 Å². The minimum Gasteiger partial charge on any atom is -0.475 e. The second-order valence-electron chi connectivity index (χ2n) is 6.65. The smallest absolute Gasteiger partial charge is 0.248 e. The van der Waals surface area contributed by atoms with E-state index in [0.717, 1.165) is 5.56 Å². The van der Waals surface area contributed by atoms with Crippen molar-refractivity contribution in [2.75, 3.05) is 18.5 Å². The van der Waals surface area contributed by atoms with Crippen LogP contribution in [-0.4, -0.2) is 29.2 Å². The highest BCUT2D eigenvalue weighted by Gasteiger charge is 2.12. The molecule has 0 aliphatic heterocycles. The third kappa shape index (κ3) is 6.04. The molecule has 1 amide bonds. The monoisotopic (exact) mass is 340 g/mol. The van der Waals surface area contributed by atoms with E-state index >= 15 is 0 Å². The summed E-state index contributed by atoms with van der Waals surface area (Å²) < 4.78 is 5.17. The van der Waals surface area contributed by atoms with Crippen LogP contribution < -0.4 is 10.1 Å². The number of benzene rings is 1. The summed E-state index contributed by atoms with van der Waals surface area (Å²) in [5.74, 6) is 0.173. The number of hydrogen-bond acceptors (Lipinski definition) is 4. The van der Waals surface area contributed by atoms with Crippen LogP contribution in [0.1, 0.15) is 31.9 Å². The van der Waals surface area contributed by atoms with Gasteiger partial charge < -0.3 is 15.2 Å². The minimum atomic E-state index is -0.231. The zero-order valence-corrected chi connectivity index (χ0v) is 14.8. The SMILES string of the molecule is CC(C)(C)c1ccc(C=CC(=O)Nc2ccc(OCCO)nc2)cc1. The average molecular weight is 340 g/mol. The van der Waals surface area contributed by atoms with E-state index in [1.54, 1.807) is 18.2 Å². The Morgan fingerprint density at radius 1 is 1.20 bits per heavy atom. The van der Waals surface area contributed by atoms with E-state index in [1.165, 1.54) is 17.8 Å². The summed E-state index contributed by atoms with van der Waals surface area (Å²) in [6, 6.07) is 11.5. The lowest BCUT2D eigenvalue weighted by molar-refractivity contribution is -0.111. The fraction of sp³-hybridized carbons (Fsp3) is 0.300. The molecule has 2 rings (SSSR count). The first-order valence-electron chi connectivity index (χ1n) is 8.18. The normalized spacial score (nSPS) is 11.5. The summed E-state index contributed by atoms with van der Waals surface area (Å²) in [6.45, 7) is 6.62. The Hall–Kier alpha value is -2.66. The summed E-state index contributed by atoms with van der Waals surface area (Å²) in [5.41, 5.74) is 2.91. The fourth-order valence-electron chi connectivity index (χ4n) is 2.14. The highest BCUT2D eigenvalue weighted by molar-refractivity contribution is 6.01. The van der Waals surface area contributed by atoms with E-state index < -0.39 is 0 Å². The molecule has 0 saturated carbocycles. The molecule has 0 fully saturated rings. The molecule has 0 aliphatic rings. The first-order valence-corrected chi connectivity index (χ1v) is 8.18. The molecular formula is C20H24N2O3. The van der Waals surface area contributed by atoms with Crippen LogP contribution >= 0.6 is 0 Å². The Labute approximate surface area is 148 Å². The number of pyridine rings is 1. The van der Waals surface area contributed by atoms with Crippen molar-refractivity contribution < 1.29 is 14.6 Å². The number of amides is 1. The summed E-state index contributed by atoms with van der Waals surface area (Å²) in [4.78, 5) is 16.0. The number of aliphatic hydroxyl groups excluding tert-OH is 1. The number of hydrogen-bond donors (Lipinski definition) is 2. The highest BCUT2D eigenvalue weighted by atomic mass is 16.5. The average Bonchev–Trinajstić information content (AvgIpc) is 2.59. The van der Waals surface area contributed by atoms with Gasteiger partial charge in [0.15, 0.2) is 0 Å². The molecule has 0 spiro atoms. The van der Waals surface area contributed by atoms with Gasteiger partial charge in [-0.15, -0.1) is 0 Å². The van der Waals surface area contributed by atoms with Crippen LogP contribution in [0.15, 0.2) is 48.7 Å². The molecule has 2 aromatic rings. The predicted molar refractivity (Wildman–Crippen MR) is 99.6 cm³/mol. The zero-order valence-electron chi connectivity index (χ0n) is 14.8. The van der Waals surface area contributed by atoms with Crippen LogP contribution in [0.25, 0.3) is 6.08 Å². The molecular weight excluding hydrogens is 316 g/mol. The number of aliphatic hydroxyl groups is 1. The summed E-state index contributed by atoms with van der Waals surface area (Å²) in [6.07, 6.45) is 4.77. The standard InChI is InChI=1S/C20H24N2O3/c1-20(2,3)16-7-4-15(5-8-16)6-10-18(24)22-17-9-11-19(21-14-17)25-13-12-23/h4-11,14,23H,12-13H2,1-3H3,(H,22,24). The molecule has 0 radical (unpaired) electrons. The van der Waals surface area contributed by atoms with Crippen LogP contribution in [-0.2, 0) is 10.2 Å². The number of rotatable bonds is 6. The quantitative estimate of drug-likeness (QED) is 0.791. The molecule has 0 unspecified atom stereocenters. The Balaban J connectivity index is 1.92. The minimum absolute atomic E-state index is 0.0678. The van der Waals surface area contributed by atoms with Gasteiger partial charge in [-0.05, 0) is 28.7 Å². The van der Waals surface area contributed by atoms with Gasteiger partial charge in [0, 0.05) is 12.1 Å². The highest BCUT2D eigenvalue weighted by Crippen LogP contribution is 2.22. The topological polar surface area (TPSA) is 71.5 Å². The van der Waals surface area contributed by atoms with Crippen molar-refractivity contribution in [2.45, 2.75) is 26.2 Å². The molecule has 5 heteroatoms. The molecule has 0 aliphatic carbocycles. The van der Waals surface area contributed by atoms with Crippen LogP contribution in [0.5, 0.6) is 5.88 Å². The molecule has 5 nitrogen and oxygen atoms in total. The Morgan fingerprint density at radius 3 is 2.48 bits per heavy atom. The second-order valence-corrected chi connectivity index (χ2v) is 6.65. The molecule has 25 heavy (non-hydrogen) atoms. The number of aromatic nitrogens is 1. The number of carbonyl (C=O) groups excluding carboxylic acids is 1. The Kier molecular flexibility index (Phi) is 6.31. The summed E-state index contributed by atoms with van der Waals surface area (Å²) >= 11 is 0. The van der Waals surface area contributed by atoms with Gasteiger partial charge in [-0.2, -0.15) is 0 Å². The molecule has 1 aromatic heterocycles. The van der Waals surface area contributed by atoms with Gasteiger partial charge in [0.25, 0.3) is 0 Å². The molecule has 1 aromatic carbocycles. The van der Waals surface area contributed by atoms with E-state index in [2.05, 4.69) is 43.2 Å². The van der Waals surface area contributed by atoms with Crippen LogP contribution in [0.2, 0.25) is 0 Å². The number of anilines is 1. The number of ether oxygens (including phenoxy) is 1. The first kappa shape index (κ1) is 18.7.